The predicted molar refractivity (Wildman–Crippen MR) is 66.7 cm³/mol. The van der Waals surface area contributed by atoms with Crippen LogP contribution in [0.1, 0.15) is 6.42 Å². The van der Waals surface area contributed by atoms with Gasteiger partial charge in [0.05, 0.1) is 32.8 Å². The van der Waals surface area contributed by atoms with E-state index in [1.165, 1.54) is 27.4 Å². The minimum atomic E-state index is -0.933. The summed E-state index contributed by atoms with van der Waals surface area (Å²) in [5.74, 6) is 0.0459. The number of ether oxygens (including phenoxy) is 3. The van der Waals surface area contributed by atoms with Gasteiger partial charge in [0.15, 0.2) is 0 Å². The number of anilines is 1. The Morgan fingerprint density at radius 2 is 1.89 bits per heavy atom. The van der Waals surface area contributed by atoms with E-state index in [9.17, 15) is 4.79 Å². The molecule has 106 valence electrons. The van der Waals surface area contributed by atoms with Crippen molar-refractivity contribution in [1.82, 2.24) is 9.97 Å². The van der Waals surface area contributed by atoms with Gasteiger partial charge in [-0.25, -0.2) is 0 Å². The summed E-state index contributed by atoms with van der Waals surface area (Å²) in [6.07, 6.45) is -0.580. The van der Waals surface area contributed by atoms with Gasteiger partial charge in [0, 0.05) is 13.7 Å². The molecule has 0 aliphatic carbocycles. The molecule has 0 saturated heterocycles. The van der Waals surface area contributed by atoms with Crippen molar-refractivity contribution in [3.05, 3.63) is 6.07 Å². The Hall–Kier alpha value is -2.09. The molecular formula is C11H17N3O5. The van der Waals surface area contributed by atoms with Crippen LogP contribution in [0.2, 0.25) is 0 Å². The molecule has 0 bridgehead atoms. The minimum absolute atomic E-state index is 0.107. The van der Waals surface area contributed by atoms with Crippen LogP contribution in [0, 0.1) is 0 Å². The van der Waals surface area contributed by atoms with Crippen molar-refractivity contribution in [2.75, 3.05) is 33.2 Å². The van der Waals surface area contributed by atoms with E-state index in [-0.39, 0.29) is 18.9 Å². The summed E-state index contributed by atoms with van der Waals surface area (Å²) in [6, 6.07) is 1.54. The van der Waals surface area contributed by atoms with Crippen molar-refractivity contribution < 1.29 is 24.1 Å². The molecule has 1 aromatic heterocycles. The average molecular weight is 271 g/mol. The molecule has 0 radical (unpaired) electrons. The lowest BCUT2D eigenvalue weighted by Gasteiger charge is -2.14. The fourth-order valence-corrected chi connectivity index (χ4v) is 1.33. The highest BCUT2D eigenvalue weighted by molar-refractivity contribution is 5.67. The number of carboxylic acid groups (broad SMARTS) is 1. The van der Waals surface area contributed by atoms with Crippen LogP contribution in [-0.4, -0.2) is 55.0 Å². The molecule has 0 amide bonds. The number of nitrogens with one attached hydrogen (secondary N) is 1. The van der Waals surface area contributed by atoms with Gasteiger partial charge in [-0.2, -0.15) is 9.97 Å². The maximum Gasteiger partial charge on any atom is 0.306 e. The quantitative estimate of drug-likeness (QED) is 0.700. The van der Waals surface area contributed by atoms with Crippen LogP contribution in [0.25, 0.3) is 0 Å². The highest BCUT2D eigenvalue weighted by Crippen LogP contribution is 2.17. The first-order valence-corrected chi connectivity index (χ1v) is 5.54. The van der Waals surface area contributed by atoms with E-state index in [1.807, 2.05) is 0 Å². The highest BCUT2D eigenvalue weighted by atomic mass is 16.5. The summed E-state index contributed by atoms with van der Waals surface area (Å²) in [7, 11) is 4.41. The third-order valence-electron chi connectivity index (χ3n) is 2.32. The summed E-state index contributed by atoms with van der Waals surface area (Å²) in [5, 5.41) is 11.6. The normalized spacial score (nSPS) is 11.7. The van der Waals surface area contributed by atoms with Crippen molar-refractivity contribution >= 4 is 11.9 Å². The van der Waals surface area contributed by atoms with Crippen LogP contribution in [0.5, 0.6) is 11.8 Å². The number of carboxylic acids is 1. The van der Waals surface area contributed by atoms with E-state index in [0.717, 1.165) is 0 Å². The van der Waals surface area contributed by atoms with Crippen LogP contribution in [0.4, 0.5) is 5.95 Å². The molecule has 8 heteroatoms. The minimum Gasteiger partial charge on any atom is -0.481 e. The second-order valence-electron chi connectivity index (χ2n) is 3.61. The SMILES string of the molecule is COc1cc(OC)nc(NCC(CC(=O)O)OC)n1. The van der Waals surface area contributed by atoms with E-state index in [1.54, 1.807) is 0 Å². The molecule has 0 aliphatic rings. The number of aliphatic carboxylic acids is 1. The average Bonchev–Trinajstić information content (AvgIpc) is 2.42. The van der Waals surface area contributed by atoms with Crippen molar-refractivity contribution in [2.45, 2.75) is 12.5 Å². The number of methoxy groups -OCH3 is 3. The standard InChI is InChI=1S/C11H17N3O5/c1-17-7(4-10(15)16)6-12-11-13-8(18-2)5-9(14-11)19-3/h5,7H,4,6H2,1-3H3,(H,15,16)(H,12,13,14). The predicted octanol–water partition coefficient (Wildman–Crippen LogP) is 0.395. The Balaban J connectivity index is 2.67. The number of aromatic nitrogens is 2. The number of hydrogen-bond acceptors (Lipinski definition) is 7. The van der Waals surface area contributed by atoms with Gasteiger partial charge in [0.1, 0.15) is 0 Å². The summed E-state index contributed by atoms with van der Waals surface area (Å²) < 4.78 is 15.0. The van der Waals surface area contributed by atoms with E-state index in [2.05, 4.69) is 15.3 Å². The second kappa shape index (κ2) is 7.37. The van der Waals surface area contributed by atoms with Crippen LogP contribution in [-0.2, 0) is 9.53 Å². The van der Waals surface area contributed by atoms with Gasteiger partial charge >= 0.3 is 5.97 Å². The lowest BCUT2D eigenvalue weighted by molar-refractivity contribution is -0.139. The monoisotopic (exact) mass is 271 g/mol. The third kappa shape index (κ3) is 4.96. The number of carbonyl (C=O) groups is 1. The van der Waals surface area contributed by atoms with Gasteiger partial charge in [-0.15, -0.1) is 0 Å². The molecule has 0 saturated carbocycles. The van der Waals surface area contributed by atoms with Gasteiger partial charge in [-0.3, -0.25) is 4.79 Å². The largest absolute Gasteiger partial charge is 0.481 e. The zero-order valence-electron chi connectivity index (χ0n) is 11.0. The molecular weight excluding hydrogens is 254 g/mol. The van der Waals surface area contributed by atoms with Gasteiger partial charge in [-0.05, 0) is 0 Å². The van der Waals surface area contributed by atoms with Crippen molar-refractivity contribution in [2.24, 2.45) is 0 Å². The molecule has 0 aliphatic heterocycles. The smallest absolute Gasteiger partial charge is 0.306 e. The van der Waals surface area contributed by atoms with Crippen LogP contribution < -0.4 is 14.8 Å². The number of hydrogen-bond donors (Lipinski definition) is 2. The van der Waals surface area contributed by atoms with Crippen LogP contribution in [0.15, 0.2) is 6.07 Å². The summed E-state index contributed by atoms with van der Waals surface area (Å²) in [6.45, 7) is 0.263. The summed E-state index contributed by atoms with van der Waals surface area (Å²) in [4.78, 5) is 18.7. The highest BCUT2D eigenvalue weighted by Gasteiger charge is 2.13. The van der Waals surface area contributed by atoms with Crippen molar-refractivity contribution in [1.29, 1.82) is 0 Å². The summed E-state index contributed by atoms with van der Waals surface area (Å²) >= 11 is 0. The first-order chi connectivity index (χ1) is 9.08. The first-order valence-electron chi connectivity index (χ1n) is 5.54. The van der Waals surface area contributed by atoms with E-state index < -0.39 is 12.1 Å². The van der Waals surface area contributed by atoms with Gasteiger partial charge in [0.25, 0.3) is 0 Å². The van der Waals surface area contributed by atoms with E-state index in [0.29, 0.717) is 11.8 Å². The lowest BCUT2D eigenvalue weighted by atomic mass is 10.2. The molecule has 1 atom stereocenters. The Kier molecular flexibility index (Phi) is 5.80. The Labute approximate surface area is 110 Å². The van der Waals surface area contributed by atoms with E-state index >= 15 is 0 Å². The summed E-state index contributed by atoms with van der Waals surface area (Å²) in [5.41, 5.74) is 0. The molecule has 1 rings (SSSR count). The topological polar surface area (TPSA) is 103 Å². The van der Waals surface area contributed by atoms with E-state index in [4.69, 9.17) is 19.3 Å². The zero-order valence-corrected chi connectivity index (χ0v) is 11.0. The van der Waals surface area contributed by atoms with Crippen LogP contribution >= 0.6 is 0 Å². The maximum atomic E-state index is 10.6. The molecule has 0 fully saturated rings. The molecule has 1 unspecified atom stereocenters. The zero-order chi connectivity index (χ0) is 14.3. The van der Waals surface area contributed by atoms with Gasteiger partial charge < -0.3 is 24.6 Å². The molecule has 19 heavy (non-hydrogen) atoms. The molecule has 1 aromatic rings. The van der Waals surface area contributed by atoms with Gasteiger partial charge in [-0.1, -0.05) is 0 Å². The second-order valence-corrected chi connectivity index (χ2v) is 3.61. The van der Waals surface area contributed by atoms with Crippen molar-refractivity contribution in [3.63, 3.8) is 0 Å². The Bertz CT molecular complexity index is 405. The van der Waals surface area contributed by atoms with Gasteiger partial charge in [0.2, 0.25) is 17.7 Å². The fourth-order valence-electron chi connectivity index (χ4n) is 1.33. The number of nitrogens with zero attached hydrogens (tertiary/aromatic N) is 2. The molecule has 0 aromatic carbocycles. The molecule has 2 N–H and O–H groups in total. The Morgan fingerprint density at radius 3 is 2.32 bits per heavy atom. The lowest BCUT2D eigenvalue weighted by Crippen LogP contribution is -2.25. The van der Waals surface area contributed by atoms with Crippen molar-refractivity contribution in [3.8, 4) is 11.8 Å². The maximum absolute atomic E-state index is 10.6. The fraction of sp³-hybridized carbons (Fsp3) is 0.545. The first kappa shape index (κ1) is 15.0. The Morgan fingerprint density at radius 1 is 1.32 bits per heavy atom. The molecule has 0 spiro atoms. The number of rotatable bonds is 8. The van der Waals surface area contributed by atoms with Crippen LogP contribution in [0.3, 0.4) is 0 Å². The molecule has 1 heterocycles. The third-order valence-corrected chi connectivity index (χ3v) is 2.32. The molecule has 8 nitrogen and oxygen atoms in total.